The zero-order chi connectivity index (χ0) is 17.2. The predicted molar refractivity (Wildman–Crippen MR) is 97.6 cm³/mol. The van der Waals surface area contributed by atoms with Crippen molar-refractivity contribution >= 4 is 22.6 Å². The first-order chi connectivity index (χ1) is 12.2. The third-order valence-electron chi connectivity index (χ3n) is 4.76. The molecule has 0 aliphatic carbocycles. The molecule has 1 aliphatic rings. The third-order valence-corrected chi connectivity index (χ3v) is 4.76. The molecule has 4 rings (SSSR count). The van der Waals surface area contributed by atoms with Crippen molar-refractivity contribution in [2.45, 2.75) is 19.4 Å². The average molecular weight is 335 g/mol. The minimum Gasteiger partial charge on any atom is -0.371 e. The van der Waals surface area contributed by atoms with E-state index in [0.717, 1.165) is 18.6 Å². The molecule has 0 unspecified atom stereocenters. The summed E-state index contributed by atoms with van der Waals surface area (Å²) in [5, 5.41) is 10.7. The van der Waals surface area contributed by atoms with E-state index in [4.69, 9.17) is 0 Å². The van der Waals surface area contributed by atoms with Crippen LogP contribution in [0, 0.1) is 0 Å². The molecular weight excluding hydrogens is 314 g/mol. The molecule has 0 spiro atoms. The zero-order valence-corrected chi connectivity index (χ0v) is 14.3. The number of carbonyl (C=O) groups excluding carboxylic acids is 1. The smallest absolute Gasteiger partial charge is 0.253 e. The summed E-state index contributed by atoms with van der Waals surface area (Å²) in [5.74, 6) is -0.0128. The molecule has 1 N–H and O–H groups in total. The topological polar surface area (TPSA) is 65.1 Å². The van der Waals surface area contributed by atoms with E-state index in [0.29, 0.717) is 17.6 Å². The Morgan fingerprint density at radius 3 is 2.72 bits per heavy atom. The Morgan fingerprint density at radius 1 is 1.12 bits per heavy atom. The van der Waals surface area contributed by atoms with Crippen LogP contribution in [0.2, 0.25) is 0 Å². The second-order valence-electron chi connectivity index (χ2n) is 6.51. The van der Waals surface area contributed by atoms with Crippen LogP contribution in [0.3, 0.4) is 0 Å². The number of para-hydroxylation sites is 1. The molecule has 128 valence electrons. The molecule has 0 atom stereocenters. The number of hydrogen-bond donors (Lipinski definition) is 1. The van der Waals surface area contributed by atoms with E-state index in [1.54, 1.807) is 17.0 Å². The summed E-state index contributed by atoms with van der Waals surface area (Å²) >= 11 is 0. The molecule has 0 bridgehead atoms. The van der Waals surface area contributed by atoms with Crippen molar-refractivity contribution in [1.82, 2.24) is 20.3 Å². The Hall–Kier alpha value is -2.89. The number of hydrogen-bond acceptors (Lipinski definition) is 4. The largest absolute Gasteiger partial charge is 0.371 e. The molecule has 6 nitrogen and oxygen atoms in total. The van der Waals surface area contributed by atoms with Crippen molar-refractivity contribution in [2.24, 2.45) is 0 Å². The molecule has 1 saturated heterocycles. The molecule has 0 radical (unpaired) electrons. The van der Waals surface area contributed by atoms with Crippen molar-refractivity contribution in [3.63, 3.8) is 0 Å². The van der Waals surface area contributed by atoms with Crippen LogP contribution in [-0.2, 0) is 6.54 Å². The number of rotatable bonds is 4. The predicted octanol–water partition coefficient (Wildman–Crippen LogP) is 2.83. The fourth-order valence-electron chi connectivity index (χ4n) is 3.43. The molecule has 1 amide bonds. The average Bonchev–Trinajstić information content (AvgIpc) is 3.32. The lowest BCUT2D eigenvalue weighted by molar-refractivity contribution is 0.0785. The second-order valence-corrected chi connectivity index (χ2v) is 6.51. The van der Waals surface area contributed by atoms with Crippen LogP contribution in [-0.4, -0.2) is 46.4 Å². The maximum atomic E-state index is 12.8. The van der Waals surface area contributed by atoms with Gasteiger partial charge in [-0.15, -0.1) is 0 Å². The Kier molecular flexibility index (Phi) is 4.09. The Balaban J connectivity index is 1.55. The molecule has 1 fully saturated rings. The fourth-order valence-corrected chi connectivity index (χ4v) is 3.43. The van der Waals surface area contributed by atoms with Crippen LogP contribution < -0.4 is 4.90 Å². The van der Waals surface area contributed by atoms with Crippen molar-refractivity contribution in [3.8, 4) is 0 Å². The van der Waals surface area contributed by atoms with Crippen molar-refractivity contribution < 1.29 is 4.79 Å². The van der Waals surface area contributed by atoms with Gasteiger partial charge in [0.15, 0.2) is 0 Å². The first kappa shape index (κ1) is 15.6. The van der Waals surface area contributed by atoms with Gasteiger partial charge >= 0.3 is 0 Å². The van der Waals surface area contributed by atoms with Gasteiger partial charge in [-0.05, 0) is 42.7 Å². The van der Waals surface area contributed by atoms with E-state index in [-0.39, 0.29) is 5.91 Å². The van der Waals surface area contributed by atoms with Crippen molar-refractivity contribution in [1.29, 1.82) is 0 Å². The molecule has 0 saturated carbocycles. The van der Waals surface area contributed by atoms with E-state index >= 15 is 0 Å². The lowest BCUT2D eigenvalue weighted by atomic mass is 10.1. The lowest BCUT2D eigenvalue weighted by Crippen LogP contribution is -2.28. The Labute approximate surface area is 146 Å². The second kappa shape index (κ2) is 6.55. The highest BCUT2D eigenvalue weighted by Gasteiger charge is 2.18. The number of aromatic nitrogens is 3. The maximum absolute atomic E-state index is 12.8. The number of anilines is 1. The molecule has 1 aliphatic heterocycles. The summed E-state index contributed by atoms with van der Waals surface area (Å²) in [6, 6.07) is 13.8. The Morgan fingerprint density at radius 2 is 1.88 bits per heavy atom. The van der Waals surface area contributed by atoms with Gasteiger partial charge in [-0.2, -0.15) is 15.4 Å². The summed E-state index contributed by atoms with van der Waals surface area (Å²) in [6.07, 6.45) is 2.47. The third kappa shape index (κ3) is 3.07. The normalized spacial score (nSPS) is 14.2. The number of nitrogens with zero attached hydrogens (tertiary/aromatic N) is 4. The van der Waals surface area contributed by atoms with Gasteiger partial charge in [-0.25, -0.2) is 0 Å². The molecule has 6 heteroatoms. The minimum absolute atomic E-state index is 0.0128. The number of nitrogens with one attached hydrogen (secondary N) is 1. The number of H-pyrrole nitrogens is 1. The summed E-state index contributed by atoms with van der Waals surface area (Å²) in [7, 11) is 1.84. The van der Waals surface area contributed by atoms with Gasteiger partial charge in [0.25, 0.3) is 5.91 Å². The lowest BCUT2D eigenvalue weighted by Gasteiger charge is -2.24. The summed E-state index contributed by atoms with van der Waals surface area (Å²) in [6.45, 7) is 2.78. The van der Waals surface area contributed by atoms with Gasteiger partial charge in [0.2, 0.25) is 0 Å². The first-order valence-electron chi connectivity index (χ1n) is 8.61. The summed E-state index contributed by atoms with van der Waals surface area (Å²) in [5.41, 5.74) is 4.52. The number of carbonyl (C=O) groups is 1. The highest BCUT2D eigenvalue weighted by atomic mass is 16.2. The number of aromatic amines is 1. The number of benzene rings is 2. The zero-order valence-electron chi connectivity index (χ0n) is 14.3. The van der Waals surface area contributed by atoms with Crippen molar-refractivity contribution in [2.75, 3.05) is 25.0 Å². The van der Waals surface area contributed by atoms with Crippen LogP contribution in [0.15, 0.2) is 42.5 Å². The highest BCUT2D eigenvalue weighted by molar-refractivity contribution is 5.97. The molecule has 2 aromatic carbocycles. The van der Waals surface area contributed by atoms with Gasteiger partial charge in [0.1, 0.15) is 11.0 Å². The molecular formula is C19H21N5O. The van der Waals surface area contributed by atoms with E-state index in [1.807, 2.05) is 19.2 Å². The van der Waals surface area contributed by atoms with Crippen LogP contribution in [0.1, 0.15) is 28.8 Å². The van der Waals surface area contributed by atoms with Gasteiger partial charge in [0.05, 0.1) is 0 Å². The fraction of sp³-hybridized carbons (Fsp3) is 0.316. The van der Waals surface area contributed by atoms with Crippen LogP contribution in [0.5, 0.6) is 0 Å². The van der Waals surface area contributed by atoms with Gasteiger partial charge in [-0.3, -0.25) is 4.79 Å². The van der Waals surface area contributed by atoms with Gasteiger partial charge < -0.3 is 9.80 Å². The van der Waals surface area contributed by atoms with Crippen LogP contribution in [0.25, 0.3) is 11.0 Å². The summed E-state index contributed by atoms with van der Waals surface area (Å²) in [4.78, 5) is 17.0. The van der Waals surface area contributed by atoms with Crippen LogP contribution >= 0.6 is 0 Å². The maximum Gasteiger partial charge on any atom is 0.253 e. The SMILES string of the molecule is CN(Cc1ccccc1N1CCCC1)C(=O)c1ccc2n[nH]nc2c1. The number of amides is 1. The van der Waals surface area contributed by atoms with Crippen LogP contribution in [0.4, 0.5) is 5.69 Å². The van der Waals surface area contributed by atoms with Crippen molar-refractivity contribution in [3.05, 3.63) is 53.6 Å². The number of fused-ring (bicyclic) bond motifs is 1. The van der Waals surface area contributed by atoms with E-state index in [2.05, 4.69) is 38.5 Å². The highest BCUT2D eigenvalue weighted by Crippen LogP contribution is 2.25. The molecule has 1 aromatic heterocycles. The van der Waals surface area contributed by atoms with E-state index in [9.17, 15) is 4.79 Å². The molecule has 25 heavy (non-hydrogen) atoms. The molecule has 2 heterocycles. The monoisotopic (exact) mass is 335 g/mol. The van der Waals surface area contributed by atoms with Gasteiger partial charge in [0, 0.05) is 37.9 Å². The van der Waals surface area contributed by atoms with E-state index < -0.39 is 0 Å². The minimum atomic E-state index is -0.0128. The first-order valence-corrected chi connectivity index (χ1v) is 8.61. The quantitative estimate of drug-likeness (QED) is 0.796. The summed E-state index contributed by atoms with van der Waals surface area (Å²) < 4.78 is 0. The van der Waals surface area contributed by atoms with E-state index in [1.165, 1.54) is 24.1 Å². The molecule has 3 aromatic rings. The standard InChI is InChI=1S/C19H21N5O/c1-23(19(25)14-8-9-16-17(12-14)21-22-20-16)13-15-6-2-3-7-18(15)24-10-4-5-11-24/h2-3,6-9,12H,4-5,10-11,13H2,1H3,(H,20,21,22). The van der Waals surface area contributed by atoms with Gasteiger partial charge in [-0.1, -0.05) is 18.2 Å². The Bertz CT molecular complexity index is 897.